The lowest BCUT2D eigenvalue weighted by Gasteiger charge is -2.31. The number of aliphatic hydroxyl groups excluding tert-OH is 1. The minimum atomic E-state index is -0.104. The van der Waals surface area contributed by atoms with Crippen molar-refractivity contribution < 1.29 is 5.11 Å². The van der Waals surface area contributed by atoms with Crippen LogP contribution in [-0.2, 0) is 5.41 Å². The van der Waals surface area contributed by atoms with Crippen molar-refractivity contribution in [2.45, 2.75) is 45.4 Å². The summed E-state index contributed by atoms with van der Waals surface area (Å²) >= 11 is 0. The quantitative estimate of drug-likeness (QED) is 0.733. The lowest BCUT2D eigenvalue weighted by molar-refractivity contribution is 0.183. The van der Waals surface area contributed by atoms with Crippen molar-refractivity contribution in [2.75, 3.05) is 6.61 Å². The maximum atomic E-state index is 9.84. The molecule has 0 saturated heterocycles. The van der Waals surface area contributed by atoms with Crippen molar-refractivity contribution in [2.24, 2.45) is 0 Å². The second-order valence-corrected chi connectivity index (χ2v) is 5.04. The predicted octanol–water partition coefficient (Wildman–Crippen LogP) is 4.07. The molecule has 17 heavy (non-hydrogen) atoms. The van der Waals surface area contributed by atoms with Gasteiger partial charge in [-0.25, -0.2) is 0 Å². The van der Waals surface area contributed by atoms with Gasteiger partial charge in [-0.15, -0.1) is 0 Å². The molecule has 0 aliphatic rings. The van der Waals surface area contributed by atoms with Crippen molar-refractivity contribution >= 4 is 0 Å². The fourth-order valence-corrected chi connectivity index (χ4v) is 2.27. The van der Waals surface area contributed by atoms with Gasteiger partial charge < -0.3 is 5.11 Å². The summed E-state index contributed by atoms with van der Waals surface area (Å²) in [6.07, 6.45) is 5.27. The number of rotatable bonds is 6. The molecular weight excluding hydrogens is 208 g/mol. The van der Waals surface area contributed by atoms with Crippen LogP contribution in [0.1, 0.15) is 45.6 Å². The van der Waals surface area contributed by atoms with Gasteiger partial charge in [0.15, 0.2) is 0 Å². The van der Waals surface area contributed by atoms with Gasteiger partial charge in [-0.05, 0) is 32.3 Å². The highest BCUT2D eigenvalue weighted by Crippen LogP contribution is 2.33. The van der Waals surface area contributed by atoms with Crippen molar-refractivity contribution in [3.05, 3.63) is 47.5 Å². The van der Waals surface area contributed by atoms with Gasteiger partial charge in [-0.1, -0.05) is 55.3 Å². The lowest BCUT2D eigenvalue weighted by atomic mass is 9.74. The monoisotopic (exact) mass is 232 g/mol. The van der Waals surface area contributed by atoms with Gasteiger partial charge in [0, 0.05) is 5.41 Å². The molecule has 1 aromatic rings. The Hall–Kier alpha value is -1.08. The van der Waals surface area contributed by atoms with Crippen LogP contribution in [-0.4, -0.2) is 11.7 Å². The molecule has 1 heteroatoms. The Bertz CT molecular complexity index is 349. The number of hydrogen-bond donors (Lipinski definition) is 1. The van der Waals surface area contributed by atoms with Gasteiger partial charge >= 0.3 is 0 Å². The molecule has 0 aliphatic carbocycles. The van der Waals surface area contributed by atoms with E-state index in [4.69, 9.17) is 0 Å². The first-order chi connectivity index (χ1) is 8.14. The lowest BCUT2D eigenvalue weighted by Crippen LogP contribution is -2.30. The van der Waals surface area contributed by atoms with E-state index in [1.807, 2.05) is 6.07 Å². The predicted molar refractivity (Wildman–Crippen MR) is 74.2 cm³/mol. The summed E-state index contributed by atoms with van der Waals surface area (Å²) in [6.45, 7) is 6.61. The van der Waals surface area contributed by atoms with Crippen LogP contribution in [0.2, 0.25) is 0 Å². The fraction of sp³-hybridized carbons (Fsp3) is 0.500. The zero-order valence-corrected chi connectivity index (χ0v) is 11.2. The van der Waals surface area contributed by atoms with Crippen molar-refractivity contribution in [1.29, 1.82) is 0 Å². The largest absolute Gasteiger partial charge is 0.395 e. The van der Waals surface area contributed by atoms with E-state index in [1.165, 1.54) is 11.1 Å². The highest BCUT2D eigenvalue weighted by molar-refractivity contribution is 5.27. The van der Waals surface area contributed by atoms with E-state index < -0.39 is 0 Å². The van der Waals surface area contributed by atoms with Gasteiger partial charge in [0.05, 0.1) is 6.61 Å². The highest BCUT2D eigenvalue weighted by atomic mass is 16.3. The van der Waals surface area contributed by atoms with Crippen molar-refractivity contribution in [3.8, 4) is 0 Å². The molecule has 94 valence electrons. The standard InChI is InChI=1S/C16H24O/c1-4-11-16(13-17,12-10-14(2)3)15-8-6-5-7-9-15/h5-10,17H,4,11-13H2,1-3H3. The summed E-state index contributed by atoms with van der Waals surface area (Å²) in [5, 5.41) is 9.84. The molecule has 1 atom stereocenters. The zero-order chi connectivity index (χ0) is 12.7. The van der Waals surface area contributed by atoms with E-state index in [0.717, 1.165) is 19.3 Å². The molecule has 1 aromatic carbocycles. The third kappa shape index (κ3) is 3.71. The minimum absolute atomic E-state index is 0.104. The summed E-state index contributed by atoms with van der Waals surface area (Å²) < 4.78 is 0. The van der Waals surface area contributed by atoms with Crippen LogP contribution >= 0.6 is 0 Å². The van der Waals surface area contributed by atoms with Crippen LogP contribution in [0.3, 0.4) is 0 Å². The van der Waals surface area contributed by atoms with Crippen molar-refractivity contribution in [3.63, 3.8) is 0 Å². The molecule has 0 aliphatic heterocycles. The molecule has 0 radical (unpaired) electrons. The van der Waals surface area contributed by atoms with Gasteiger partial charge in [-0.3, -0.25) is 0 Å². The van der Waals surface area contributed by atoms with Crippen molar-refractivity contribution in [1.82, 2.24) is 0 Å². The van der Waals surface area contributed by atoms with E-state index in [9.17, 15) is 5.11 Å². The fourth-order valence-electron chi connectivity index (χ4n) is 2.27. The summed E-state index contributed by atoms with van der Waals surface area (Å²) in [6, 6.07) is 10.4. The zero-order valence-electron chi connectivity index (χ0n) is 11.2. The molecule has 0 heterocycles. The summed E-state index contributed by atoms with van der Waals surface area (Å²) in [5.74, 6) is 0. The van der Waals surface area contributed by atoms with Crippen LogP contribution < -0.4 is 0 Å². The Kier molecular flexibility index (Phi) is 5.43. The Morgan fingerprint density at radius 1 is 1.24 bits per heavy atom. The maximum Gasteiger partial charge on any atom is 0.0530 e. The number of aliphatic hydroxyl groups is 1. The average Bonchev–Trinajstić information content (AvgIpc) is 2.35. The van der Waals surface area contributed by atoms with Crippen LogP contribution in [0.15, 0.2) is 42.0 Å². The van der Waals surface area contributed by atoms with Gasteiger partial charge in [0.1, 0.15) is 0 Å². The molecule has 0 saturated carbocycles. The molecule has 0 bridgehead atoms. The van der Waals surface area contributed by atoms with Gasteiger partial charge in [0.25, 0.3) is 0 Å². The highest BCUT2D eigenvalue weighted by Gasteiger charge is 2.29. The Balaban J connectivity index is 3.04. The van der Waals surface area contributed by atoms with Crippen LogP contribution in [0.4, 0.5) is 0 Å². The van der Waals surface area contributed by atoms with E-state index in [-0.39, 0.29) is 12.0 Å². The average molecular weight is 232 g/mol. The molecule has 1 unspecified atom stereocenters. The molecule has 0 aromatic heterocycles. The first kappa shape index (κ1) is 14.0. The molecule has 0 amide bonds. The number of benzene rings is 1. The summed E-state index contributed by atoms with van der Waals surface area (Å²) in [4.78, 5) is 0. The summed E-state index contributed by atoms with van der Waals surface area (Å²) in [5.41, 5.74) is 2.46. The molecule has 0 spiro atoms. The third-order valence-corrected chi connectivity index (χ3v) is 3.32. The van der Waals surface area contributed by atoms with Gasteiger partial charge in [-0.2, -0.15) is 0 Å². The molecular formula is C16H24O. The molecule has 1 rings (SSSR count). The van der Waals surface area contributed by atoms with E-state index in [1.54, 1.807) is 0 Å². The SMILES string of the molecule is CCCC(CO)(CC=C(C)C)c1ccccc1. The third-order valence-electron chi connectivity index (χ3n) is 3.32. The van der Waals surface area contributed by atoms with E-state index >= 15 is 0 Å². The normalized spacial score (nSPS) is 14.1. The van der Waals surface area contributed by atoms with Gasteiger partial charge in [0.2, 0.25) is 0 Å². The Morgan fingerprint density at radius 2 is 1.88 bits per heavy atom. The topological polar surface area (TPSA) is 20.2 Å². The van der Waals surface area contributed by atoms with Crippen LogP contribution in [0.25, 0.3) is 0 Å². The molecule has 1 nitrogen and oxygen atoms in total. The van der Waals surface area contributed by atoms with Crippen LogP contribution in [0, 0.1) is 0 Å². The maximum absolute atomic E-state index is 9.84. The Morgan fingerprint density at radius 3 is 2.35 bits per heavy atom. The second kappa shape index (κ2) is 6.61. The summed E-state index contributed by atoms with van der Waals surface area (Å²) in [7, 11) is 0. The minimum Gasteiger partial charge on any atom is -0.395 e. The second-order valence-electron chi connectivity index (χ2n) is 5.04. The number of allylic oxidation sites excluding steroid dienone is 2. The first-order valence-electron chi connectivity index (χ1n) is 6.44. The van der Waals surface area contributed by atoms with E-state index in [2.05, 4.69) is 51.1 Å². The first-order valence-corrected chi connectivity index (χ1v) is 6.44. The Labute approximate surface area is 105 Å². The molecule has 1 N–H and O–H groups in total. The number of hydrogen-bond acceptors (Lipinski definition) is 1. The van der Waals surface area contributed by atoms with Crippen LogP contribution in [0.5, 0.6) is 0 Å². The van der Waals surface area contributed by atoms with E-state index in [0.29, 0.717) is 0 Å². The molecule has 0 fully saturated rings. The smallest absolute Gasteiger partial charge is 0.0530 e.